The predicted octanol–water partition coefficient (Wildman–Crippen LogP) is 2.91. The van der Waals surface area contributed by atoms with E-state index < -0.39 is 11.5 Å². The van der Waals surface area contributed by atoms with Crippen molar-refractivity contribution in [3.63, 3.8) is 0 Å². The molecule has 3 amide bonds. The number of ether oxygens (including phenoxy) is 1. The van der Waals surface area contributed by atoms with Crippen molar-refractivity contribution in [2.24, 2.45) is 11.3 Å². The first-order valence-corrected chi connectivity index (χ1v) is 12.0. The Hall–Kier alpha value is -2.32. The molecule has 33 heavy (non-hydrogen) atoms. The number of nitrogens with zero attached hydrogens (tertiary/aromatic N) is 3. The van der Waals surface area contributed by atoms with E-state index in [1.54, 1.807) is 12.1 Å². The van der Waals surface area contributed by atoms with Crippen molar-refractivity contribution in [3.05, 3.63) is 34.9 Å². The van der Waals surface area contributed by atoms with E-state index in [9.17, 15) is 19.5 Å². The Balaban J connectivity index is 1.44. The molecule has 4 rings (SSSR count). The predicted molar refractivity (Wildman–Crippen MR) is 123 cm³/mol. The van der Waals surface area contributed by atoms with Gasteiger partial charge in [-0.2, -0.15) is 0 Å². The summed E-state index contributed by atoms with van der Waals surface area (Å²) in [5, 5.41) is 10.4. The maximum atomic E-state index is 13.4. The van der Waals surface area contributed by atoms with Crippen molar-refractivity contribution in [3.8, 4) is 0 Å². The van der Waals surface area contributed by atoms with Crippen LogP contribution in [0.2, 0.25) is 5.02 Å². The summed E-state index contributed by atoms with van der Waals surface area (Å²) in [4.78, 5) is 43.2. The van der Waals surface area contributed by atoms with Crippen molar-refractivity contribution in [2.45, 2.75) is 38.6 Å². The summed E-state index contributed by atoms with van der Waals surface area (Å²) in [6.45, 7) is 7.02. The van der Waals surface area contributed by atoms with Crippen LogP contribution in [-0.2, 0) is 14.3 Å². The number of halogens is 1. The van der Waals surface area contributed by atoms with E-state index in [1.807, 2.05) is 35.8 Å². The molecule has 9 heteroatoms. The molecule has 180 valence electrons. The van der Waals surface area contributed by atoms with E-state index in [-0.39, 0.29) is 29.7 Å². The fraction of sp³-hybridized carbons (Fsp3) is 0.625. The zero-order valence-corrected chi connectivity index (χ0v) is 20.0. The Morgan fingerprint density at radius 2 is 1.76 bits per heavy atom. The number of hydrogen-bond donors (Lipinski definition) is 1. The first-order chi connectivity index (χ1) is 15.7. The minimum atomic E-state index is -0.976. The van der Waals surface area contributed by atoms with Gasteiger partial charge < -0.3 is 24.5 Å². The molecule has 0 radical (unpaired) electrons. The minimum Gasteiger partial charge on any atom is -0.465 e. The lowest BCUT2D eigenvalue weighted by atomic mass is 9.85. The van der Waals surface area contributed by atoms with Gasteiger partial charge in [-0.3, -0.25) is 9.59 Å². The van der Waals surface area contributed by atoms with Crippen LogP contribution in [-0.4, -0.2) is 89.7 Å². The molecule has 3 fully saturated rings. The summed E-state index contributed by atoms with van der Waals surface area (Å²) in [5.74, 6) is -0.0848. The van der Waals surface area contributed by atoms with Crippen LogP contribution in [0, 0.1) is 11.3 Å². The Labute approximate surface area is 199 Å². The molecular formula is C24H32ClN3O5. The van der Waals surface area contributed by atoms with Crippen molar-refractivity contribution >= 4 is 29.5 Å². The zero-order chi connectivity index (χ0) is 23.8. The van der Waals surface area contributed by atoms with E-state index in [2.05, 4.69) is 0 Å². The van der Waals surface area contributed by atoms with Gasteiger partial charge in [0.2, 0.25) is 11.8 Å². The summed E-state index contributed by atoms with van der Waals surface area (Å²) in [5.41, 5.74) is 0.557. The third-order valence-electron chi connectivity index (χ3n) is 7.37. The van der Waals surface area contributed by atoms with Gasteiger partial charge in [-0.1, -0.05) is 23.7 Å². The first kappa shape index (κ1) is 23.8. The smallest absolute Gasteiger partial charge is 0.407 e. The van der Waals surface area contributed by atoms with E-state index >= 15 is 0 Å². The molecule has 0 spiro atoms. The Kier molecular flexibility index (Phi) is 6.86. The van der Waals surface area contributed by atoms with Gasteiger partial charge in [0.15, 0.2) is 0 Å². The van der Waals surface area contributed by atoms with E-state index in [4.69, 9.17) is 16.3 Å². The van der Waals surface area contributed by atoms with Gasteiger partial charge in [-0.05, 0) is 44.4 Å². The van der Waals surface area contributed by atoms with Crippen molar-refractivity contribution < 1.29 is 24.2 Å². The third kappa shape index (κ3) is 4.68. The van der Waals surface area contributed by atoms with Gasteiger partial charge in [0.05, 0.1) is 24.7 Å². The number of piperidine rings is 1. The van der Waals surface area contributed by atoms with Crippen LogP contribution >= 0.6 is 11.6 Å². The number of hydrogen-bond acceptors (Lipinski definition) is 4. The normalized spacial score (nSPS) is 24.9. The number of likely N-dealkylation sites (N-methyl/N-ethyl adjacent to an activating group) is 1. The van der Waals surface area contributed by atoms with Crippen LogP contribution in [0.3, 0.4) is 0 Å². The van der Waals surface area contributed by atoms with Gasteiger partial charge in [0.1, 0.15) is 0 Å². The van der Waals surface area contributed by atoms with Crippen molar-refractivity contribution in [1.82, 2.24) is 14.7 Å². The Bertz CT molecular complexity index is 896. The maximum Gasteiger partial charge on any atom is 0.407 e. The largest absolute Gasteiger partial charge is 0.465 e. The summed E-state index contributed by atoms with van der Waals surface area (Å²) < 4.78 is 5.22. The van der Waals surface area contributed by atoms with Gasteiger partial charge in [0, 0.05) is 49.6 Å². The molecule has 2 atom stereocenters. The average molecular weight is 478 g/mol. The number of amides is 3. The second kappa shape index (κ2) is 9.50. The highest BCUT2D eigenvalue weighted by molar-refractivity contribution is 6.30. The molecule has 0 saturated carbocycles. The number of rotatable bonds is 5. The highest BCUT2D eigenvalue weighted by atomic mass is 35.5. The van der Waals surface area contributed by atoms with Crippen LogP contribution in [0.15, 0.2) is 24.3 Å². The summed E-state index contributed by atoms with van der Waals surface area (Å²) >= 11 is 6.05. The van der Waals surface area contributed by atoms with Gasteiger partial charge in [-0.15, -0.1) is 0 Å². The lowest BCUT2D eigenvalue weighted by Crippen LogP contribution is -2.55. The first-order valence-electron chi connectivity index (χ1n) is 11.6. The fourth-order valence-electron chi connectivity index (χ4n) is 5.33. The summed E-state index contributed by atoms with van der Waals surface area (Å²) in [7, 11) is 0. The Morgan fingerprint density at radius 1 is 1.12 bits per heavy atom. The molecule has 1 N–H and O–H groups in total. The number of benzene rings is 1. The van der Waals surface area contributed by atoms with Crippen molar-refractivity contribution in [1.29, 1.82) is 0 Å². The summed E-state index contributed by atoms with van der Waals surface area (Å²) in [6, 6.07) is 7.13. The van der Waals surface area contributed by atoms with Gasteiger partial charge in [0.25, 0.3) is 0 Å². The lowest BCUT2D eigenvalue weighted by Gasteiger charge is -2.42. The SMILES string of the molecule is CCN(C(=O)O)[C@@H]1CN(C(=O)C2CCN(C(=O)C3(C)COC3)CC2)C[C@H]1c1ccc(Cl)cc1. The van der Waals surface area contributed by atoms with Crippen LogP contribution < -0.4 is 0 Å². The molecule has 3 saturated heterocycles. The Morgan fingerprint density at radius 3 is 2.27 bits per heavy atom. The fourth-order valence-corrected chi connectivity index (χ4v) is 5.46. The second-order valence-corrected chi connectivity index (χ2v) is 10.1. The van der Waals surface area contributed by atoms with Gasteiger partial charge in [-0.25, -0.2) is 4.79 Å². The highest BCUT2D eigenvalue weighted by Gasteiger charge is 2.46. The maximum absolute atomic E-state index is 13.4. The molecule has 3 aliphatic rings. The quantitative estimate of drug-likeness (QED) is 0.704. The molecule has 3 heterocycles. The zero-order valence-electron chi connectivity index (χ0n) is 19.2. The van der Waals surface area contributed by atoms with E-state index in [1.165, 1.54) is 4.90 Å². The molecular weight excluding hydrogens is 446 g/mol. The summed E-state index contributed by atoms with van der Waals surface area (Å²) in [6.07, 6.45) is 0.283. The molecule has 8 nitrogen and oxygen atoms in total. The number of carbonyl (C=O) groups excluding carboxylic acids is 2. The standard InChI is InChI=1S/C24H32ClN3O5/c1-3-28(23(31)32)20-13-27(12-19(20)16-4-6-18(25)7-5-16)21(29)17-8-10-26(11-9-17)22(30)24(2)14-33-15-24/h4-7,17,19-20H,3,8-15H2,1-2H3,(H,31,32)/t19-,20+/m0/s1. The molecule has 0 bridgehead atoms. The van der Waals surface area contributed by atoms with Gasteiger partial charge >= 0.3 is 6.09 Å². The highest BCUT2D eigenvalue weighted by Crippen LogP contribution is 2.35. The second-order valence-electron chi connectivity index (χ2n) is 9.66. The number of likely N-dealkylation sites (tertiary alicyclic amines) is 2. The minimum absolute atomic E-state index is 0.0585. The molecule has 3 aliphatic heterocycles. The lowest BCUT2D eigenvalue weighted by molar-refractivity contribution is -0.170. The van der Waals surface area contributed by atoms with Crippen molar-refractivity contribution in [2.75, 3.05) is 45.9 Å². The average Bonchev–Trinajstić information content (AvgIpc) is 3.22. The molecule has 0 aromatic heterocycles. The molecule has 1 aromatic carbocycles. The topological polar surface area (TPSA) is 90.4 Å². The monoisotopic (exact) mass is 477 g/mol. The molecule has 0 unspecified atom stereocenters. The van der Waals surface area contributed by atoms with E-state index in [0.29, 0.717) is 63.8 Å². The number of carboxylic acid groups (broad SMARTS) is 1. The molecule has 0 aliphatic carbocycles. The van der Waals surface area contributed by atoms with E-state index in [0.717, 1.165) is 5.56 Å². The van der Waals surface area contributed by atoms with Crippen LogP contribution in [0.4, 0.5) is 4.79 Å². The van der Waals surface area contributed by atoms with Crippen LogP contribution in [0.5, 0.6) is 0 Å². The third-order valence-corrected chi connectivity index (χ3v) is 7.63. The van der Waals surface area contributed by atoms with Crippen LogP contribution in [0.1, 0.15) is 38.2 Å². The molecule has 1 aromatic rings. The number of carbonyl (C=O) groups is 3. The van der Waals surface area contributed by atoms with Crippen LogP contribution in [0.25, 0.3) is 0 Å².